The van der Waals surface area contributed by atoms with Crippen LogP contribution in [0.3, 0.4) is 0 Å². The molecule has 0 saturated carbocycles. The fraction of sp³-hybridized carbons (Fsp3) is 0.300. The van der Waals surface area contributed by atoms with Gasteiger partial charge >= 0.3 is 5.97 Å². The van der Waals surface area contributed by atoms with Gasteiger partial charge in [0.25, 0.3) is 0 Å². The third kappa shape index (κ3) is 1.60. The highest BCUT2D eigenvalue weighted by molar-refractivity contribution is 6.37. The molecule has 0 heterocycles. The highest BCUT2D eigenvalue weighted by Crippen LogP contribution is 2.33. The average Bonchev–Trinajstić information content (AvgIpc) is 2.11. The third-order valence-corrected chi connectivity index (χ3v) is 3.41. The minimum absolute atomic E-state index is 0.200. The number of carbonyl (C=O) groups is 1. The van der Waals surface area contributed by atoms with Crippen molar-refractivity contribution in [3.63, 3.8) is 0 Å². The summed E-state index contributed by atoms with van der Waals surface area (Å²) in [6, 6.07) is 0. The van der Waals surface area contributed by atoms with Gasteiger partial charge < -0.3 is 5.11 Å². The first kappa shape index (κ1) is 11.3. The molecule has 0 atom stereocenters. The van der Waals surface area contributed by atoms with Crippen LogP contribution in [0.15, 0.2) is 0 Å². The maximum atomic E-state index is 10.9. The molecule has 0 aliphatic carbocycles. The Balaban J connectivity index is 3.68. The second-order valence-electron chi connectivity index (χ2n) is 3.18. The standard InChI is InChI=1S/C10H10Cl2O2/c1-4-7(10(13)14)5(2)9(12)6(3)8(4)11/h1-3H3,(H,13,14). The third-order valence-electron chi connectivity index (χ3n) is 2.28. The number of halogens is 2. The van der Waals surface area contributed by atoms with Gasteiger partial charge in [-0.3, -0.25) is 0 Å². The van der Waals surface area contributed by atoms with Crippen LogP contribution < -0.4 is 0 Å². The van der Waals surface area contributed by atoms with Gasteiger partial charge in [0.1, 0.15) is 0 Å². The fourth-order valence-electron chi connectivity index (χ4n) is 1.48. The van der Waals surface area contributed by atoms with Crippen molar-refractivity contribution in [1.29, 1.82) is 0 Å². The van der Waals surface area contributed by atoms with Crippen molar-refractivity contribution in [3.8, 4) is 0 Å². The van der Waals surface area contributed by atoms with Gasteiger partial charge in [0.05, 0.1) is 5.56 Å². The van der Waals surface area contributed by atoms with E-state index in [-0.39, 0.29) is 5.56 Å². The van der Waals surface area contributed by atoms with Crippen LogP contribution in [0.2, 0.25) is 10.0 Å². The van der Waals surface area contributed by atoms with E-state index in [1.165, 1.54) is 0 Å². The molecule has 1 aromatic rings. The zero-order chi connectivity index (χ0) is 11.0. The molecular formula is C10H10Cl2O2. The predicted molar refractivity (Wildman–Crippen MR) is 57.6 cm³/mol. The molecule has 0 amide bonds. The lowest BCUT2D eigenvalue weighted by atomic mass is 9.99. The molecule has 1 rings (SSSR count). The first-order chi connectivity index (χ1) is 6.37. The number of hydrogen-bond donors (Lipinski definition) is 1. The van der Waals surface area contributed by atoms with Crippen LogP contribution in [0.4, 0.5) is 0 Å². The Morgan fingerprint density at radius 3 is 1.64 bits per heavy atom. The van der Waals surface area contributed by atoms with Gasteiger partial charge in [-0.05, 0) is 37.5 Å². The van der Waals surface area contributed by atoms with Crippen LogP contribution in [0.1, 0.15) is 27.0 Å². The van der Waals surface area contributed by atoms with Crippen molar-refractivity contribution in [2.75, 3.05) is 0 Å². The number of aromatic carboxylic acids is 1. The van der Waals surface area contributed by atoms with Crippen LogP contribution in [-0.2, 0) is 0 Å². The molecule has 0 unspecified atom stereocenters. The lowest BCUT2D eigenvalue weighted by Crippen LogP contribution is -2.05. The molecule has 0 bridgehead atoms. The minimum Gasteiger partial charge on any atom is -0.478 e. The predicted octanol–water partition coefficient (Wildman–Crippen LogP) is 3.62. The van der Waals surface area contributed by atoms with Crippen LogP contribution >= 0.6 is 23.2 Å². The van der Waals surface area contributed by atoms with Crippen molar-refractivity contribution in [2.24, 2.45) is 0 Å². The Morgan fingerprint density at radius 2 is 1.36 bits per heavy atom. The summed E-state index contributed by atoms with van der Waals surface area (Å²) < 4.78 is 0. The summed E-state index contributed by atoms with van der Waals surface area (Å²) in [5, 5.41) is 9.83. The number of rotatable bonds is 1. The molecule has 0 fully saturated rings. The molecule has 0 aromatic heterocycles. The Morgan fingerprint density at radius 1 is 1.00 bits per heavy atom. The van der Waals surface area contributed by atoms with Gasteiger partial charge in [0, 0.05) is 10.0 Å². The van der Waals surface area contributed by atoms with E-state index in [0.717, 1.165) is 5.56 Å². The number of hydrogen-bond acceptors (Lipinski definition) is 1. The van der Waals surface area contributed by atoms with Crippen molar-refractivity contribution in [2.45, 2.75) is 20.8 Å². The quantitative estimate of drug-likeness (QED) is 0.804. The van der Waals surface area contributed by atoms with Gasteiger partial charge in [0.15, 0.2) is 0 Å². The van der Waals surface area contributed by atoms with Gasteiger partial charge in [-0.2, -0.15) is 0 Å². The highest BCUT2D eigenvalue weighted by Gasteiger charge is 2.18. The van der Waals surface area contributed by atoms with E-state index in [0.29, 0.717) is 21.2 Å². The summed E-state index contributed by atoms with van der Waals surface area (Å²) in [6.07, 6.45) is 0. The monoisotopic (exact) mass is 232 g/mol. The summed E-state index contributed by atoms with van der Waals surface area (Å²) in [6.45, 7) is 5.14. The van der Waals surface area contributed by atoms with Crippen LogP contribution in [0, 0.1) is 20.8 Å². The lowest BCUT2D eigenvalue weighted by Gasteiger charge is -2.12. The Hall–Kier alpha value is -0.730. The molecule has 14 heavy (non-hydrogen) atoms. The SMILES string of the molecule is Cc1c(Cl)c(C)c(C(=O)O)c(C)c1Cl. The van der Waals surface area contributed by atoms with Crippen LogP contribution in [0.5, 0.6) is 0 Å². The maximum Gasteiger partial charge on any atom is 0.336 e. The molecule has 1 aromatic carbocycles. The van der Waals surface area contributed by atoms with Crippen LogP contribution in [0.25, 0.3) is 0 Å². The second-order valence-corrected chi connectivity index (χ2v) is 3.94. The van der Waals surface area contributed by atoms with E-state index in [4.69, 9.17) is 28.3 Å². The van der Waals surface area contributed by atoms with E-state index in [2.05, 4.69) is 0 Å². The topological polar surface area (TPSA) is 37.3 Å². The fourth-order valence-corrected chi connectivity index (χ4v) is 1.91. The molecule has 1 N–H and O–H groups in total. The van der Waals surface area contributed by atoms with Crippen molar-refractivity contribution in [1.82, 2.24) is 0 Å². The van der Waals surface area contributed by atoms with Gasteiger partial charge in [-0.25, -0.2) is 4.79 Å². The number of carboxylic acid groups (broad SMARTS) is 1. The average molecular weight is 233 g/mol. The van der Waals surface area contributed by atoms with Crippen molar-refractivity contribution >= 4 is 29.2 Å². The molecule has 0 spiro atoms. The lowest BCUT2D eigenvalue weighted by molar-refractivity contribution is 0.0695. The Kier molecular flexibility index (Phi) is 3.07. The zero-order valence-corrected chi connectivity index (χ0v) is 9.62. The van der Waals surface area contributed by atoms with E-state index in [1.54, 1.807) is 20.8 Å². The zero-order valence-electron chi connectivity index (χ0n) is 8.11. The van der Waals surface area contributed by atoms with Crippen LogP contribution in [-0.4, -0.2) is 11.1 Å². The summed E-state index contributed by atoms with van der Waals surface area (Å²) in [5.41, 5.74) is 2.07. The van der Waals surface area contributed by atoms with E-state index < -0.39 is 5.97 Å². The highest BCUT2D eigenvalue weighted by atomic mass is 35.5. The largest absolute Gasteiger partial charge is 0.478 e. The van der Waals surface area contributed by atoms with Gasteiger partial charge in [-0.1, -0.05) is 23.2 Å². The normalized spacial score (nSPS) is 10.4. The van der Waals surface area contributed by atoms with Crippen molar-refractivity contribution in [3.05, 3.63) is 32.3 Å². The van der Waals surface area contributed by atoms with E-state index >= 15 is 0 Å². The van der Waals surface area contributed by atoms with Gasteiger partial charge in [0.2, 0.25) is 0 Å². The molecule has 0 saturated heterocycles. The number of carboxylic acids is 1. The second kappa shape index (κ2) is 3.79. The van der Waals surface area contributed by atoms with Gasteiger partial charge in [-0.15, -0.1) is 0 Å². The molecule has 0 aliphatic rings. The molecule has 76 valence electrons. The van der Waals surface area contributed by atoms with E-state index in [9.17, 15) is 4.79 Å². The minimum atomic E-state index is -0.996. The first-order valence-corrected chi connectivity index (χ1v) is 4.81. The Bertz CT molecular complexity index is 382. The summed E-state index contributed by atoms with van der Waals surface area (Å²) in [7, 11) is 0. The summed E-state index contributed by atoms with van der Waals surface area (Å²) >= 11 is 11.9. The molecule has 2 nitrogen and oxygen atoms in total. The summed E-state index contributed by atoms with van der Waals surface area (Å²) in [5.74, 6) is -0.996. The molecule has 0 radical (unpaired) electrons. The molecule has 0 aliphatic heterocycles. The smallest absolute Gasteiger partial charge is 0.336 e. The van der Waals surface area contributed by atoms with Crippen molar-refractivity contribution < 1.29 is 9.90 Å². The van der Waals surface area contributed by atoms with E-state index in [1.807, 2.05) is 0 Å². The number of benzene rings is 1. The Labute approximate surface area is 92.5 Å². The summed E-state index contributed by atoms with van der Waals surface area (Å²) in [4.78, 5) is 10.9. The maximum absolute atomic E-state index is 10.9. The first-order valence-electron chi connectivity index (χ1n) is 4.06. The molecule has 4 heteroatoms. The molecular weight excluding hydrogens is 223 g/mol.